The number of hydrogen-bond acceptors (Lipinski definition) is 6. The number of nitrogens with zero attached hydrogens (tertiary/aromatic N) is 4. The molecule has 0 radical (unpaired) electrons. The fraction of sp³-hybridized carbons (Fsp3) is 0.450. The highest BCUT2D eigenvalue weighted by Gasteiger charge is 2.32. The number of anilines is 1. The zero-order valence-corrected chi connectivity index (χ0v) is 16.4. The molecule has 3 aromatic rings. The first-order valence-electron chi connectivity index (χ1n) is 9.80. The minimum Gasteiger partial charge on any atom is -0.492 e. The van der Waals surface area contributed by atoms with Gasteiger partial charge in [-0.2, -0.15) is 0 Å². The van der Waals surface area contributed by atoms with E-state index >= 15 is 0 Å². The summed E-state index contributed by atoms with van der Waals surface area (Å²) in [7, 11) is 3.70. The van der Waals surface area contributed by atoms with Crippen LogP contribution in [-0.2, 0) is 0 Å². The van der Waals surface area contributed by atoms with E-state index in [9.17, 15) is 14.7 Å². The number of benzene rings is 1. The number of pyridine rings is 1. The molecule has 0 amide bonds. The third kappa shape index (κ3) is 2.68. The maximum atomic E-state index is 13.2. The summed E-state index contributed by atoms with van der Waals surface area (Å²) in [5.41, 5.74) is 1.97. The fourth-order valence-electron chi connectivity index (χ4n) is 4.29. The number of carboxylic acids is 1. The predicted octanol–water partition coefficient (Wildman–Crippen LogP) is 1.67. The van der Waals surface area contributed by atoms with Crippen molar-refractivity contribution in [3.05, 3.63) is 28.3 Å². The van der Waals surface area contributed by atoms with Crippen LogP contribution in [0.15, 0.2) is 17.3 Å². The van der Waals surface area contributed by atoms with Gasteiger partial charge in [0.25, 0.3) is 0 Å². The van der Waals surface area contributed by atoms with Crippen LogP contribution in [0.1, 0.15) is 29.2 Å². The summed E-state index contributed by atoms with van der Waals surface area (Å²) in [5, 5.41) is 9.91. The number of aromatic nitrogens is 3. The number of rotatable bonds is 4. The average Bonchev–Trinajstić information content (AvgIpc) is 3.43. The summed E-state index contributed by atoms with van der Waals surface area (Å²) in [6, 6.07) is 0.168. The lowest BCUT2D eigenvalue weighted by Gasteiger charge is -2.35. The number of aromatic amines is 1. The third-order valence-electron chi connectivity index (χ3n) is 5.97. The summed E-state index contributed by atoms with van der Waals surface area (Å²) in [6.45, 7) is 3.50. The third-order valence-corrected chi connectivity index (χ3v) is 5.97. The van der Waals surface area contributed by atoms with Crippen LogP contribution in [0, 0.1) is 0 Å². The van der Waals surface area contributed by atoms with Crippen LogP contribution in [0.3, 0.4) is 0 Å². The molecule has 0 spiro atoms. The Bertz CT molecular complexity index is 1190. The second kappa shape index (κ2) is 6.48. The summed E-state index contributed by atoms with van der Waals surface area (Å²) >= 11 is 0. The predicted molar refractivity (Wildman–Crippen MR) is 109 cm³/mol. The number of carboxylic acid groups (broad SMARTS) is 1. The number of likely N-dealkylation sites (N-methyl/N-ethyl adjacent to an activating group) is 1. The van der Waals surface area contributed by atoms with Crippen LogP contribution >= 0.6 is 0 Å². The standard InChI is InChI=1S/C20H23N5O4/c1-23-5-7-24(8-6-23)17-15-14(21-10-22-15)13-16(19(17)29-2)25(11-3-4-11)9-12(18(13)26)20(27)28/h9-11H,3-8H2,1-2H3,(H,21,22)(H,27,28). The molecule has 1 saturated heterocycles. The number of piperazine rings is 1. The number of hydrogen-bond donors (Lipinski definition) is 2. The topological polar surface area (TPSA) is 104 Å². The molecule has 152 valence electrons. The highest BCUT2D eigenvalue weighted by molar-refractivity contribution is 6.14. The molecule has 0 bridgehead atoms. The van der Waals surface area contributed by atoms with Crippen molar-refractivity contribution < 1.29 is 14.6 Å². The van der Waals surface area contributed by atoms with Gasteiger partial charge in [-0.1, -0.05) is 0 Å². The molecule has 9 nitrogen and oxygen atoms in total. The van der Waals surface area contributed by atoms with Crippen LogP contribution in [0.2, 0.25) is 0 Å². The highest BCUT2D eigenvalue weighted by Crippen LogP contribution is 2.46. The van der Waals surface area contributed by atoms with Gasteiger partial charge >= 0.3 is 5.97 Å². The number of imidazole rings is 1. The van der Waals surface area contributed by atoms with Crippen LogP contribution in [-0.4, -0.2) is 70.8 Å². The normalized spacial score (nSPS) is 17.9. The van der Waals surface area contributed by atoms with Crippen molar-refractivity contribution in [2.75, 3.05) is 45.2 Å². The molecule has 1 aliphatic carbocycles. The Balaban J connectivity index is 1.91. The Kier molecular flexibility index (Phi) is 4.02. The van der Waals surface area contributed by atoms with E-state index in [0.717, 1.165) is 44.7 Å². The maximum Gasteiger partial charge on any atom is 0.341 e. The first kappa shape index (κ1) is 18.0. The van der Waals surface area contributed by atoms with Gasteiger partial charge in [0.05, 0.1) is 29.9 Å². The number of carbonyl (C=O) groups is 1. The Morgan fingerprint density at radius 2 is 2.00 bits per heavy atom. The van der Waals surface area contributed by atoms with Crippen molar-refractivity contribution >= 4 is 33.6 Å². The molecule has 1 aromatic carbocycles. The van der Waals surface area contributed by atoms with E-state index < -0.39 is 11.4 Å². The van der Waals surface area contributed by atoms with E-state index in [1.807, 2.05) is 4.57 Å². The average molecular weight is 397 g/mol. The van der Waals surface area contributed by atoms with Gasteiger partial charge < -0.3 is 29.2 Å². The van der Waals surface area contributed by atoms with Gasteiger partial charge in [-0.3, -0.25) is 4.79 Å². The summed E-state index contributed by atoms with van der Waals surface area (Å²) in [5.74, 6) is -0.626. The first-order valence-corrected chi connectivity index (χ1v) is 9.80. The van der Waals surface area contributed by atoms with Crippen LogP contribution in [0.5, 0.6) is 5.75 Å². The molecule has 9 heteroatoms. The Labute approximate surface area is 166 Å². The molecule has 3 heterocycles. The lowest BCUT2D eigenvalue weighted by atomic mass is 10.1. The van der Waals surface area contributed by atoms with Gasteiger partial charge in [0.1, 0.15) is 16.8 Å². The molecular weight excluding hydrogens is 374 g/mol. The molecule has 2 fully saturated rings. The lowest BCUT2D eigenvalue weighted by molar-refractivity contribution is 0.0695. The highest BCUT2D eigenvalue weighted by atomic mass is 16.5. The monoisotopic (exact) mass is 397 g/mol. The fourth-order valence-corrected chi connectivity index (χ4v) is 4.29. The molecule has 1 saturated carbocycles. The molecule has 0 atom stereocenters. The largest absolute Gasteiger partial charge is 0.492 e. The van der Waals surface area contributed by atoms with Gasteiger partial charge in [-0.15, -0.1) is 0 Å². The summed E-state index contributed by atoms with van der Waals surface area (Å²) in [6.07, 6.45) is 4.92. The first-order chi connectivity index (χ1) is 14.0. The zero-order chi connectivity index (χ0) is 20.3. The maximum absolute atomic E-state index is 13.2. The van der Waals surface area contributed by atoms with Gasteiger partial charge in [0.2, 0.25) is 5.43 Å². The molecular formula is C20H23N5O4. The quantitative estimate of drug-likeness (QED) is 0.690. The molecule has 5 rings (SSSR count). The van der Waals surface area contributed by atoms with Crippen molar-refractivity contribution in [3.8, 4) is 5.75 Å². The molecule has 2 aliphatic rings. The number of H-pyrrole nitrogens is 1. The Morgan fingerprint density at radius 3 is 2.62 bits per heavy atom. The van der Waals surface area contributed by atoms with Crippen molar-refractivity contribution in [1.82, 2.24) is 19.4 Å². The lowest BCUT2D eigenvalue weighted by Crippen LogP contribution is -2.44. The summed E-state index contributed by atoms with van der Waals surface area (Å²) < 4.78 is 7.79. The molecule has 2 aromatic heterocycles. The van der Waals surface area contributed by atoms with E-state index in [4.69, 9.17) is 4.74 Å². The minimum absolute atomic E-state index is 0.168. The van der Waals surface area contributed by atoms with E-state index in [1.165, 1.54) is 6.20 Å². The number of fused-ring (bicyclic) bond motifs is 3. The second-order valence-corrected chi connectivity index (χ2v) is 7.84. The summed E-state index contributed by atoms with van der Waals surface area (Å²) in [4.78, 5) is 37.0. The zero-order valence-electron chi connectivity index (χ0n) is 16.4. The Morgan fingerprint density at radius 1 is 1.28 bits per heavy atom. The molecule has 2 N–H and O–H groups in total. The van der Waals surface area contributed by atoms with E-state index in [1.54, 1.807) is 13.4 Å². The van der Waals surface area contributed by atoms with E-state index in [-0.39, 0.29) is 11.6 Å². The van der Waals surface area contributed by atoms with Crippen LogP contribution in [0.25, 0.3) is 21.9 Å². The molecule has 29 heavy (non-hydrogen) atoms. The Hall–Kier alpha value is -3.07. The number of ether oxygens (including phenoxy) is 1. The van der Waals surface area contributed by atoms with Crippen molar-refractivity contribution in [1.29, 1.82) is 0 Å². The van der Waals surface area contributed by atoms with E-state index in [0.29, 0.717) is 27.7 Å². The van der Waals surface area contributed by atoms with Gasteiger partial charge in [-0.25, -0.2) is 9.78 Å². The van der Waals surface area contributed by atoms with Crippen LogP contribution < -0.4 is 15.1 Å². The number of aromatic carboxylic acids is 1. The van der Waals surface area contributed by atoms with Gasteiger partial charge in [0.15, 0.2) is 5.75 Å². The van der Waals surface area contributed by atoms with Crippen molar-refractivity contribution in [2.24, 2.45) is 0 Å². The van der Waals surface area contributed by atoms with Gasteiger partial charge in [-0.05, 0) is 19.9 Å². The van der Waals surface area contributed by atoms with Gasteiger partial charge in [0, 0.05) is 38.4 Å². The van der Waals surface area contributed by atoms with Crippen LogP contribution in [0.4, 0.5) is 5.69 Å². The SMILES string of the molecule is COc1c(N2CCN(C)CC2)c2[nH]cnc2c2c(=O)c(C(=O)O)cn(C3CC3)c12. The molecule has 1 aliphatic heterocycles. The second-order valence-electron chi connectivity index (χ2n) is 7.84. The number of nitrogens with one attached hydrogen (secondary N) is 1. The van der Waals surface area contributed by atoms with Crippen molar-refractivity contribution in [2.45, 2.75) is 18.9 Å². The number of methoxy groups -OCH3 is 1. The van der Waals surface area contributed by atoms with Crippen molar-refractivity contribution in [3.63, 3.8) is 0 Å². The molecule has 0 unspecified atom stereocenters. The smallest absolute Gasteiger partial charge is 0.341 e. The minimum atomic E-state index is -1.22. The van der Waals surface area contributed by atoms with E-state index in [2.05, 4.69) is 26.8 Å².